The van der Waals surface area contributed by atoms with E-state index in [0.717, 1.165) is 17.7 Å². The molecule has 0 bridgehead atoms. The lowest BCUT2D eigenvalue weighted by molar-refractivity contribution is -0.384. The smallest absolute Gasteiger partial charge is 0.326 e. The minimum atomic E-state index is -0.889. The van der Waals surface area contributed by atoms with Gasteiger partial charge in [-0.2, -0.15) is 0 Å². The first-order valence-electron chi connectivity index (χ1n) is 9.34. The number of hydrogen-bond acceptors (Lipinski definition) is 7. The Hall–Kier alpha value is -3.30. The fourth-order valence-corrected chi connectivity index (χ4v) is 3.85. The van der Waals surface area contributed by atoms with Crippen molar-refractivity contribution in [2.45, 2.75) is 32.6 Å². The number of rotatable bonds is 6. The zero-order valence-corrected chi connectivity index (χ0v) is 15.9. The van der Waals surface area contributed by atoms with Crippen LogP contribution in [0.5, 0.6) is 0 Å². The summed E-state index contributed by atoms with van der Waals surface area (Å²) in [6.07, 6.45) is 3.03. The monoisotopic (exact) mass is 403 g/mol. The second kappa shape index (κ2) is 8.38. The van der Waals surface area contributed by atoms with Crippen LogP contribution in [0.15, 0.2) is 18.2 Å². The Kier molecular flexibility index (Phi) is 5.90. The van der Waals surface area contributed by atoms with E-state index in [9.17, 15) is 29.3 Å². The highest BCUT2D eigenvalue weighted by molar-refractivity contribution is 6.07. The largest absolute Gasteiger partial charge is 0.454 e. The molecule has 3 amide bonds. The summed E-state index contributed by atoms with van der Waals surface area (Å²) in [4.78, 5) is 60.2. The number of fused-ring (bicyclic) bond motifs is 1. The third-order valence-corrected chi connectivity index (χ3v) is 5.30. The van der Waals surface area contributed by atoms with Crippen LogP contribution in [-0.2, 0) is 23.9 Å². The predicted molar refractivity (Wildman–Crippen MR) is 99.6 cm³/mol. The number of aryl methyl sites for hydroxylation is 1. The maximum atomic E-state index is 12.4. The van der Waals surface area contributed by atoms with Crippen LogP contribution in [0.25, 0.3) is 0 Å². The van der Waals surface area contributed by atoms with Crippen molar-refractivity contribution in [1.29, 1.82) is 0 Å². The molecule has 0 aromatic heterocycles. The Morgan fingerprint density at radius 2 is 1.83 bits per heavy atom. The Morgan fingerprint density at radius 3 is 2.41 bits per heavy atom. The average Bonchev–Trinajstić information content (AvgIpc) is 2.93. The summed E-state index contributed by atoms with van der Waals surface area (Å²) >= 11 is 0. The Balaban J connectivity index is 1.55. The number of amides is 3. The number of ether oxygens (including phenoxy) is 1. The van der Waals surface area contributed by atoms with Crippen LogP contribution in [0, 0.1) is 28.9 Å². The summed E-state index contributed by atoms with van der Waals surface area (Å²) in [5.41, 5.74) is 0.225. The number of esters is 1. The van der Waals surface area contributed by atoms with E-state index in [1.165, 1.54) is 12.1 Å². The number of likely N-dealkylation sites (tertiary alicyclic amines) is 1. The van der Waals surface area contributed by atoms with Gasteiger partial charge in [-0.15, -0.1) is 0 Å². The predicted octanol–water partition coefficient (Wildman–Crippen LogP) is 1.56. The Bertz CT molecular complexity index is 859. The Morgan fingerprint density at radius 1 is 1.21 bits per heavy atom. The van der Waals surface area contributed by atoms with E-state index in [1.54, 1.807) is 13.0 Å². The van der Waals surface area contributed by atoms with Crippen LogP contribution in [0.4, 0.5) is 11.4 Å². The summed E-state index contributed by atoms with van der Waals surface area (Å²) in [6, 6.07) is 4.34. The third kappa shape index (κ3) is 4.25. The molecule has 1 aliphatic carbocycles. The number of para-hydroxylation sites is 1. The highest BCUT2D eigenvalue weighted by atomic mass is 16.6. The molecule has 3 rings (SSSR count). The molecule has 1 aliphatic heterocycles. The maximum Gasteiger partial charge on any atom is 0.326 e. The van der Waals surface area contributed by atoms with Gasteiger partial charge in [0.15, 0.2) is 6.61 Å². The number of nitrogens with one attached hydrogen (secondary N) is 1. The van der Waals surface area contributed by atoms with Crippen LogP contribution in [0.2, 0.25) is 0 Å². The third-order valence-electron chi connectivity index (χ3n) is 5.30. The average molecular weight is 403 g/mol. The first-order chi connectivity index (χ1) is 13.8. The van der Waals surface area contributed by atoms with Crippen molar-refractivity contribution < 1.29 is 28.8 Å². The van der Waals surface area contributed by atoms with Gasteiger partial charge in [-0.25, -0.2) is 0 Å². The molecule has 10 nitrogen and oxygen atoms in total. The van der Waals surface area contributed by atoms with Crippen LogP contribution in [0.3, 0.4) is 0 Å². The lowest BCUT2D eigenvalue weighted by atomic mass is 9.81. The molecule has 1 N–H and O–H groups in total. The number of anilines is 1. The van der Waals surface area contributed by atoms with E-state index in [4.69, 9.17) is 4.74 Å². The first kappa shape index (κ1) is 20.4. The first-order valence-corrected chi connectivity index (χ1v) is 9.34. The second-order valence-electron chi connectivity index (χ2n) is 7.20. The van der Waals surface area contributed by atoms with Crippen molar-refractivity contribution >= 4 is 35.1 Å². The van der Waals surface area contributed by atoms with Gasteiger partial charge in [0.25, 0.3) is 11.6 Å². The normalized spacial score (nSPS) is 20.9. The van der Waals surface area contributed by atoms with E-state index in [-0.39, 0.29) is 35.0 Å². The molecule has 1 aromatic carbocycles. The molecule has 10 heteroatoms. The number of imide groups is 1. The summed E-state index contributed by atoms with van der Waals surface area (Å²) in [5.74, 6) is -3.11. The molecule has 2 aliphatic rings. The van der Waals surface area contributed by atoms with Crippen molar-refractivity contribution in [3.63, 3.8) is 0 Å². The lowest BCUT2D eigenvalue weighted by Crippen LogP contribution is -2.37. The summed E-state index contributed by atoms with van der Waals surface area (Å²) in [5, 5.41) is 13.4. The molecule has 29 heavy (non-hydrogen) atoms. The van der Waals surface area contributed by atoms with Crippen LogP contribution in [-0.4, -0.2) is 46.7 Å². The molecule has 2 fully saturated rings. The zero-order chi connectivity index (χ0) is 21.1. The topological polar surface area (TPSA) is 136 Å². The van der Waals surface area contributed by atoms with Gasteiger partial charge in [-0.05, 0) is 25.3 Å². The fourth-order valence-electron chi connectivity index (χ4n) is 3.85. The van der Waals surface area contributed by atoms with Gasteiger partial charge in [0.2, 0.25) is 11.8 Å². The highest BCUT2D eigenvalue weighted by Crippen LogP contribution is 2.37. The molecule has 1 aromatic rings. The van der Waals surface area contributed by atoms with Crippen LogP contribution < -0.4 is 5.32 Å². The van der Waals surface area contributed by atoms with Crippen molar-refractivity contribution in [2.75, 3.05) is 18.5 Å². The molecule has 1 saturated carbocycles. The molecule has 1 heterocycles. The lowest BCUT2D eigenvalue weighted by Gasteiger charge is -2.19. The molecular formula is C19H21N3O7. The van der Waals surface area contributed by atoms with Gasteiger partial charge in [-0.1, -0.05) is 25.0 Å². The number of nitrogens with zero attached hydrogens (tertiary/aromatic N) is 2. The summed E-state index contributed by atoms with van der Waals surface area (Å²) < 4.78 is 4.86. The quantitative estimate of drug-likeness (QED) is 0.329. The van der Waals surface area contributed by atoms with Gasteiger partial charge in [0.05, 0.1) is 16.8 Å². The Labute approximate surface area is 166 Å². The SMILES string of the molecule is Cc1cccc([N+](=O)[O-])c1NC(=O)COC(=O)CN1C(=O)[C@H]2CCCC[C@H]2C1=O. The molecule has 1 saturated heterocycles. The van der Waals surface area contributed by atoms with Crippen molar-refractivity contribution in [3.8, 4) is 0 Å². The van der Waals surface area contributed by atoms with Gasteiger partial charge >= 0.3 is 5.97 Å². The molecule has 0 radical (unpaired) electrons. The second-order valence-corrected chi connectivity index (χ2v) is 7.20. The minimum Gasteiger partial charge on any atom is -0.454 e. The molecule has 0 spiro atoms. The number of carbonyl (C=O) groups excluding carboxylic acids is 4. The summed E-state index contributed by atoms with van der Waals surface area (Å²) in [6.45, 7) is 0.370. The standard InChI is InChI=1S/C19H21N3O7/c1-11-5-4-8-14(22(27)28)17(11)20-15(23)10-29-16(24)9-21-18(25)12-6-2-3-7-13(12)19(21)26/h4-5,8,12-13H,2-3,6-7,9-10H2,1H3,(H,20,23)/t12-,13+. The number of benzene rings is 1. The molecule has 0 unspecified atom stereocenters. The van der Waals surface area contributed by atoms with Gasteiger partial charge in [-0.3, -0.25) is 34.2 Å². The van der Waals surface area contributed by atoms with Crippen LogP contribution >= 0.6 is 0 Å². The van der Waals surface area contributed by atoms with Gasteiger partial charge < -0.3 is 10.1 Å². The fraction of sp³-hybridized carbons (Fsp3) is 0.474. The minimum absolute atomic E-state index is 0.0209. The van der Waals surface area contributed by atoms with E-state index < -0.39 is 30.0 Å². The highest BCUT2D eigenvalue weighted by Gasteiger charge is 2.48. The van der Waals surface area contributed by atoms with E-state index in [1.807, 2.05) is 0 Å². The number of carbonyl (C=O) groups is 4. The number of hydrogen-bond donors (Lipinski definition) is 1. The van der Waals surface area contributed by atoms with E-state index in [0.29, 0.717) is 18.4 Å². The molecular weight excluding hydrogens is 382 g/mol. The van der Waals surface area contributed by atoms with Crippen molar-refractivity contribution in [1.82, 2.24) is 4.90 Å². The van der Waals surface area contributed by atoms with Crippen molar-refractivity contribution in [3.05, 3.63) is 33.9 Å². The van der Waals surface area contributed by atoms with Gasteiger partial charge in [0, 0.05) is 6.07 Å². The maximum absolute atomic E-state index is 12.4. The number of nitro groups is 1. The van der Waals surface area contributed by atoms with Gasteiger partial charge in [0.1, 0.15) is 12.2 Å². The van der Waals surface area contributed by atoms with E-state index in [2.05, 4.69) is 5.32 Å². The van der Waals surface area contributed by atoms with Crippen LogP contribution in [0.1, 0.15) is 31.2 Å². The number of nitro benzene ring substituents is 1. The molecule has 2 atom stereocenters. The van der Waals surface area contributed by atoms with E-state index >= 15 is 0 Å². The molecule has 154 valence electrons. The summed E-state index contributed by atoms with van der Waals surface area (Å²) in [7, 11) is 0. The zero-order valence-electron chi connectivity index (χ0n) is 15.9. The van der Waals surface area contributed by atoms with Crippen molar-refractivity contribution in [2.24, 2.45) is 11.8 Å².